The molecule has 1 N–H and O–H groups in total. The molecular weight excluding hydrogens is 330 g/mol. The molecule has 0 aliphatic carbocycles. The molecule has 26 heavy (non-hydrogen) atoms. The van der Waals surface area contributed by atoms with Crippen molar-refractivity contribution in [3.63, 3.8) is 0 Å². The zero-order valence-corrected chi connectivity index (χ0v) is 14.6. The minimum atomic E-state index is 0.461. The normalized spacial score (nSPS) is 10.3. The molecule has 0 aliphatic heterocycles. The smallest absolute Gasteiger partial charge is 0.243 e. The first kappa shape index (κ1) is 17.5. The molecule has 0 amide bonds. The summed E-state index contributed by atoms with van der Waals surface area (Å²) in [7, 11) is 1.63. The number of allylic oxidation sites excluding steroid dienone is 1. The van der Waals surface area contributed by atoms with Crippen molar-refractivity contribution in [2.45, 2.75) is 19.7 Å². The Bertz CT molecular complexity index is 848. The molecule has 0 radical (unpaired) electrons. The van der Waals surface area contributed by atoms with Crippen LogP contribution in [0.3, 0.4) is 0 Å². The lowest BCUT2D eigenvalue weighted by atomic mass is 10.1. The molecule has 0 spiro atoms. The third-order valence-electron chi connectivity index (χ3n) is 3.78. The van der Waals surface area contributed by atoms with Gasteiger partial charge in [0.15, 0.2) is 11.5 Å². The SMILES string of the molecule is C=CCn1nnnc1NCc1cccc(OC)c1OCc1ccccc1. The standard InChI is InChI=1S/C19H21N5O2/c1-3-12-24-19(21-22-23-24)20-13-16-10-7-11-17(25-2)18(16)26-14-15-8-5-4-6-9-15/h3-11H,1,12-14H2,2H3,(H,20,21,23). The minimum Gasteiger partial charge on any atom is -0.493 e. The van der Waals surface area contributed by atoms with E-state index in [0.717, 1.165) is 11.1 Å². The van der Waals surface area contributed by atoms with Gasteiger partial charge in [-0.25, -0.2) is 4.68 Å². The molecule has 0 unspecified atom stereocenters. The fourth-order valence-electron chi connectivity index (χ4n) is 2.51. The van der Waals surface area contributed by atoms with Gasteiger partial charge in [-0.2, -0.15) is 0 Å². The third-order valence-corrected chi connectivity index (χ3v) is 3.78. The highest BCUT2D eigenvalue weighted by Crippen LogP contribution is 2.32. The van der Waals surface area contributed by atoms with Gasteiger partial charge in [-0.3, -0.25) is 0 Å². The first-order valence-electron chi connectivity index (χ1n) is 8.25. The second-order valence-corrected chi connectivity index (χ2v) is 5.55. The summed E-state index contributed by atoms with van der Waals surface area (Å²) in [5, 5.41) is 14.8. The van der Waals surface area contributed by atoms with Crippen LogP contribution in [-0.2, 0) is 19.7 Å². The minimum absolute atomic E-state index is 0.461. The Morgan fingerprint density at radius 1 is 1.15 bits per heavy atom. The molecule has 2 aromatic carbocycles. The highest BCUT2D eigenvalue weighted by molar-refractivity contribution is 5.48. The second-order valence-electron chi connectivity index (χ2n) is 5.55. The van der Waals surface area contributed by atoms with Crippen LogP contribution < -0.4 is 14.8 Å². The number of hydrogen-bond acceptors (Lipinski definition) is 6. The van der Waals surface area contributed by atoms with Gasteiger partial charge in [0.25, 0.3) is 0 Å². The number of methoxy groups -OCH3 is 1. The van der Waals surface area contributed by atoms with Crippen molar-refractivity contribution in [2.75, 3.05) is 12.4 Å². The summed E-state index contributed by atoms with van der Waals surface area (Å²) in [5.41, 5.74) is 2.04. The van der Waals surface area contributed by atoms with E-state index in [4.69, 9.17) is 9.47 Å². The van der Waals surface area contributed by atoms with Crippen LogP contribution in [0, 0.1) is 0 Å². The van der Waals surface area contributed by atoms with Crippen LogP contribution in [0.15, 0.2) is 61.2 Å². The fourth-order valence-corrected chi connectivity index (χ4v) is 2.51. The average molecular weight is 351 g/mol. The predicted octanol–water partition coefficient (Wildman–Crippen LogP) is 3.06. The summed E-state index contributed by atoms with van der Waals surface area (Å²) in [5.74, 6) is 1.96. The van der Waals surface area contributed by atoms with Crippen LogP contribution in [0.1, 0.15) is 11.1 Å². The van der Waals surface area contributed by atoms with Gasteiger partial charge in [0.05, 0.1) is 13.7 Å². The van der Waals surface area contributed by atoms with Crippen LogP contribution in [0.2, 0.25) is 0 Å². The highest BCUT2D eigenvalue weighted by Gasteiger charge is 2.12. The number of nitrogens with one attached hydrogen (secondary N) is 1. The van der Waals surface area contributed by atoms with Gasteiger partial charge in [-0.15, -0.1) is 6.58 Å². The molecule has 7 nitrogen and oxygen atoms in total. The Kier molecular flexibility index (Phi) is 5.82. The lowest BCUT2D eigenvalue weighted by Crippen LogP contribution is -2.10. The van der Waals surface area contributed by atoms with E-state index in [9.17, 15) is 0 Å². The molecule has 1 aromatic heterocycles. The van der Waals surface area contributed by atoms with Crippen molar-refractivity contribution in [1.82, 2.24) is 20.2 Å². The first-order chi connectivity index (χ1) is 12.8. The van der Waals surface area contributed by atoms with Crippen LogP contribution in [0.25, 0.3) is 0 Å². The molecule has 0 saturated carbocycles. The van der Waals surface area contributed by atoms with E-state index in [-0.39, 0.29) is 0 Å². The van der Waals surface area contributed by atoms with Crippen LogP contribution in [-0.4, -0.2) is 27.3 Å². The maximum atomic E-state index is 6.05. The quantitative estimate of drug-likeness (QED) is 0.597. The molecule has 7 heteroatoms. The average Bonchev–Trinajstić information content (AvgIpc) is 3.13. The largest absolute Gasteiger partial charge is 0.493 e. The Balaban J connectivity index is 1.75. The van der Waals surface area contributed by atoms with E-state index >= 15 is 0 Å². The third kappa shape index (κ3) is 4.18. The Morgan fingerprint density at radius 3 is 2.77 bits per heavy atom. The topological polar surface area (TPSA) is 74.1 Å². The van der Waals surface area contributed by atoms with Gasteiger partial charge in [-0.1, -0.05) is 53.6 Å². The van der Waals surface area contributed by atoms with Crippen LogP contribution >= 0.6 is 0 Å². The van der Waals surface area contributed by atoms with E-state index in [1.54, 1.807) is 17.9 Å². The van der Waals surface area contributed by atoms with Gasteiger partial charge >= 0.3 is 0 Å². The molecule has 0 saturated heterocycles. The van der Waals surface area contributed by atoms with Gasteiger partial charge in [0.1, 0.15) is 6.61 Å². The monoisotopic (exact) mass is 351 g/mol. The van der Waals surface area contributed by atoms with E-state index in [1.807, 2.05) is 48.5 Å². The number of rotatable bonds is 9. The molecule has 1 heterocycles. The maximum absolute atomic E-state index is 6.05. The number of tetrazole rings is 1. The summed E-state index contributed by atoms with van der Waals surface area (Å²) >= 11 is 0. The number of anilines is 1. The molecular formula is C19H21N5O2. The second kappa shape index (κ2) is 8.66. The Hall–Kier alpha value is -3.35. The maximum Gasteiger partial charge on any atom is 0.243 e. The van der Waals surface area contributed by atoms with Crippen molar-refractivity contribution >= 4 is 5.95 Å². The van der Waals surface area contributed by atoms with Crippen molar-refractivity contribution in [3.05, 3.63) is 72.3 Å². The summed E-state index contributed by atoms with van der Waals surface area (Å²) in [6.45, 7) is 5.20. The van der Waals surface area contributed by atoms with E-state index in [2.05, 4.69) is 27.4 Å². The van der Waals surface area contributed by atoms with Crippen molar-refractivity contribution < 1.29 is 9.47 Å². The summed E-state index contributed by atoms with van der Waals surface area (Å²) in [6, 6.07) is 15.8. The van der Waals surface area contributed by atoms with Crippen molar-refractivity contribution in [3.8, 4) is 11.5 Å². The molecule has 0 fully saturated rings. The van der Waals surface area contributed by atoms with Crippen LogP contribution in [0.5, 0.6) is 11.5 Å². The zero-order valence-electron chi connectivity index (χ0n) is 14.6. The number of aromatic nitrogens is 4. The number of hydrogen-bond donors (Lipinski definition) is 1. The number of benzene rings is 2. The number of nitrogens with zero attached hydrogens (tertiary/aromatic N) is 4. The molecule has 134 valence electrons. The van der Waals surface area contributed by atoms with Crippen molar-refractivity contribution in [2.24, 2.45) is 0 Å². The number of para-hydroxylation sites is 1. The Labute approximate surface area is 152 Å². The van der Waals surface area contributed by atoms with Gasteiger partial charge in [-0.05, 0) is 22.1 Å². The highest BCUT2D eigenvalue weighted by atomic mass is 16.5. The fraction of sp³-hybridized carbons (Fsp3) is 0.211. The molecule has 0 atom stereocenters. The molecule has 0 bridgehead atoms. The lowest BCUT2D eigenvalue weighted by Gasteiger charge is -2.15. The Morgan fingerprint density at radius 2 is 2.00 bits per heavy atom. The first-order valence-corrected chi connectivity index (χ1v) is 8.25. The van der Waals surface area contributed by atoms with Gasteiger partial charge in [0, 0.05) is 12.1 Å². The van der Waals surface area contributed by atoms with Crippen LogP contribution in [0.4, 0.5) is 5.95 Å². The van der Waals surface area contributed by atoms with E-state index < -0.39 is 0 Å². The van der Waals surface area contributed by atoms with E-state index in [0.29, 0.717) is 37.1 Å². The van der Waals surface area contributed by atoms with Gasteiger partial charge in [0.2, 0.25) is 5.95 Å². The molecule has 3 rings (SSSR count). The predicted molar refractivity (Wildman–Crippen MR) is 99.1 cm³/mol. The lowest BCUT2D eigenvalue weighted by molar-refractivity contribution is 0.281. The van der Waals surface area contributed by atoms with E-state index in [1.165, 1.54) is 0 Å². The molecule has 3 aromatic rings. The summed E-state index contributed by atoms with van der Waals surface area (Å²) in [6.07, 6.45) is 1.74. The molecule has 0 aliphatic rings. The summed E-state index contributed by atoms with van der Waals surface area (Å²) in [4.78, 5) is 0. The number of ether oxygens (including phenoxy) is 2. The van der Waals surface area contributed by atoms with Crippen molar-refractivity contribution in [1.29, 1.82) is 0 Å². The zero-order chi connectivity index (χ0) is 18.2. The summed E-state index contributed by atoms with van der Waals surface area (Å²) < 4.78 is 13.2. The van der Waals surface area contributed by atoms with Gasteiger partial charge < -0.3 is 14.8 Å².